The fraction of sp³-hybridized carbons (Fsp3) is 0.238. The Morgan fingerprint density at radius 1 is 1.07 bits per heavy atom. The van der Waals surface area contributed by atoms with Crippen LogP contribution >= 0.6 is 11.6 Å². The molecule has 2 aromatic carbocycles. The molecule has 29 heavy (non-hydrogen) atoms. The summed E-state index contributed by atoms with van der Waals surface area (Å²) in [5.74, 6) is -0.0654. The molecule has 0 saturated carbocycles. The van der Waals surface area contributed by atoms with Gasteiger partial charge in [0.15, 0.2) is 0 Å². The number of aromatic nitrogens is 4. The standard InChI is InChI=1S/C21H21ClN6O/c22-20-9-8-18(28-16-23-24-25-28)15-19(20)21(29)27-13-11-26(12-14-27)10-4-7-17-5-2-1-3-6-17/h1-9,15-16H,10-14H2/b7-4+. The highest BCUT2D eigenvalue weighted by Gasteiger charge is 2.23. The number of carbonyl (C=O) groups is 1. The Labute approximate surface area is 174 Å². The fourth-order valence-electron chi connectivity index (χ4n) is 3.31. The van der Waals surface area contributed by atoms with Crippen molar-refractivity contribution in [3.63, 3.8) is 0 Å². The highest BCUT2D eigenvalue weighted by molar-refractivity contribution is 6.33. The Bertz CT molecular complexity index is 982. The Morgan fingerprint density at radius 2 is 1.86 bits per heavy atom. The molecule has 0 unspecified atom stereocenters. The van der Waals surface area contributed by atoms with E-state index in [1.165, 1.54) is 16.6 Å². The van der Waals surface area contributed by atoms with Gasteiger partial charge in [-0.15, -0.1) is 5.10 Å². The van der Waals surface area contributed by atoms with Crippen LogP contribution in [0.5, 0.6) is 0 Å². The summed E-state index contributed by atoms with van der Waals surface area (Å²) >= 11 is 6.30. The highest BCUT2D eigenvalue weighted by atomic mass is 35.5. The van der Waals surface area contributed by atoms with Crippen molar-refractivity contribution in [2.24, 2.45) is 0 Å². The van der Waals surface area contributed by atoms with Crippen LogP contribution in [0.25, 0.3) is 11.8 Å². The lowest BCUT2D eigenvalue weighted by Gasteiger charge is -2.34. The number of hydrogen-bond acceptors (Lipinski definition) is 5. The maximum atomic E-state index is 13.0. The van der Waals surface area contributed by atoms with Gasteiger partial charge < -0.3 is 4.90 Å². The molecule has 1 aliphatic rings. The van der Waals surface area contributed by atoms with Crippen LogP contribution in [0, 0.1) is 0 Å². The molecule has 0 spiro atoms. The molecule has 0 aliphatic carbocycles. The Hall–Kier alpha value is -3.03. The molecule has 1 fully saturated rings. The molecule has 1 aromatic heterocycles. The van der Waals surface area contributed by atoms with Crippen LogP contribution in [0.4, 0.5) is 0 Å². The quantitative estimate of drug-likeness (QED) is 0.649. The minimum Gasteiger partial charge on any atom is -0.336 e. The average molecular weight is 409 g/mol. The van der Waals surface area contributed by atoms with Crippen molar-refractivity contribution in [2.75, 3.05) is 32.7 Å². The van der Waals surface area contributed by atoms with Gasteiger partial charge in [0.2, 0.25) is 0 Å². The second-order valence-electron chi connectivity index (χ2n) is 6.82. The SMILES string of the molecule is O=C(c1cc(-n2cnnn2)ccc1Cl)N1CCN(C/C=C/c2ccccc2)CC1. The molecule has 1 saturated heterocycles. The van der Waals surface area contributed by atoms with E-state index in [2.05, 4.69) is 44.7 Å². The molecule has 148 valence electrons. The van der Waals surface area contributed by atoms with Crippen LogP contribution in [0.1, 0.15) is 15.9 Å². The van der Waals surface area contributed by atoms with Crippen molar-refractivity contribution in [3.8, 4) is 5.69 Å². The molecule has 7 nitrogen and oxygen atoms in total. The first-order valence-corrected chi connectivity index (χ1v) is 9.84. The van der Waals surface area contributed by atoms with Crippen molar-refractivity contribution >= 4 is 23.6 Å². The van der Waals surface area contributed by atoms with Gasteiger partial charge in [-0.3, -0.25) is 9.69 Å². The van der Waals surface area contributed by atoms with E-state index in [0.717, 1.165) is 19.6 Å². The normalized spacial score (nSPS) is 15.1. The summed E-state index contributed by atoms with van der Waals surface area (Å²) in [5.41, 5.74) is 2.36. The lowest BCUT2D eigenvalue weighted by atomic mass is 10.1. The lowest BCUT2D eigenvalue weighted by Crippen LogP contribution is -2.48. The van der Waals surface area contributed by atoms with E-state index < -0.39 is 0 Å². The smallest absolute Gasteiger partial charge is 0.255 e. The maximum Gasteiger partial charge on any atom is 0.255 e. The monoisotopic (exact) mass is 408 g/mol. The van der Waals surface area contributed by atoms with E-state index in [9.17, 15) is 4.79 Å². The molecule has 1 aliphatic heterocycles. The summed E-state index contributed by atoms with van der Waals surface area (Å²) in [4.78, 5) is 17.2. The molecule has 0 bridgehead atoms. The number of halogens is 1. The van der Waals surface area contributed by atoms with E-state index in [0.29, 0.717) is 29.4 Å². The minimum atomic E-state index is -0.0654. The molecule has 1 amide bonds. The van der Waals surface area contributed by atoms with Crippen LogP contribution < -0.4 is 0 Å². The molecule has 2 heterocycles. The minimum absolute atomic E-state index is 0.0654. The number of nitrogens with zero attached hydrogens (tertiary/aromatic N) is 6. The van der Waals surface area contributed by atoms with Crippen LogP contribution in [-0.2, 0) is 0 Å². The van der Waals surface area contributed by atoms with E-state index in [4.69, 9.17) is 11.6 Å². The lowest BCUT2D eigenvalue weighted by molar-refractivity contribution is 0.0650. The number of hydrogen-bond donors (Lipinski definition) is 0. The van der Waals surface area contributed by atoms with Gasteiger partial charge in [0.1, 0.15) is 6.33 Å². The highest BCUT2D eigenvalue weighted by Crippen LogP contribution is 2.22. The zero-order chi connectivity index (χ0) is 20.1. The number of carbonyl (C=O) groups excluding carboxylic acids is 1. The third-order valence-electron chi connectivity index (χ3n) is 4.93. The van der Waals surface area contributed by atoms with E-state index >= 15 is 0 Å². The van der Waals surface area contributed by atoms with E-state index in [1.807, 2.05) is 23.1 Å². The van der Waals surface area contributed by atoms with Crippen molar-refractivity contribution in [1.29, 1.82) is 0 Å². The number of benzene rings is 2. The molecule has 0 N–H and O–H groups in total. The predicted molar refractivity (Wildman–Crippen MR) is 112 cm³/mol. The number of piperazine rings is 1. The van der Waals surface area contributed by atoms with Crippen LogP contribution in [0.15, 0.2) is 60.9 Å². The molecule has 4 rings (SSSR count). The second-order valence-corrected chi connectivity index (χ2v) is 7.23. The summed E-state index contributed by atoms with van der Waals surface area (Å²) in [7, 11) is 0. The fourth-order valence-corrected chi connectivity index (χ4v) is 3.50. The Morgan fingerprint density at radius 3 is 2.59 bits per heavy atom. The number of amides is 1. The summed E-state index contributed by atoms with van der Waals surface area (Å²) in [5, 5.41) is 11.6. The summed E-state index contributed by atoms with van der Waals surface area (Å²) in [6.07, 6.45) is 5.78. The first-order chi connectivity index (χ1) is 14.2. The summed E-state index contributed by atoms with van der Waals surface area (Å²) < 4.78 is 1.50. The molecular weight excluding hydrogens is 388 g/mol. The molecule has 8 heteroatoms. The molecular formula is C21H21ClN6O. The van der Waals surface area contributed by atoms with Gasteiger partial charge in [-0.05, 0) is 34.2 Å². The van der Waals surface area contributed by atoms with Gasteiger partial charge in [-0.1, -0.05) is 54.1 Å². The maximum absolute atomic E-state index is 13.0. The van der Waals surface area contributed by atoms with Crippen molar-refractivity contribution in [2.45, 2.75) is 0 Å². The Balaban J connectivity index is 1.36. The predicted octanol–water partition coefficient (Wildman–Crippen LogP) is 2.79. The largest absolute Gasteiger partial charge is 0.336 e. The zero-order valence-corrected chi connectivity index (χ0v) is 16.6. The van der Waals surface area contributed by atoms with Gasteiger partial charge in [-0.2, -0.15) is 0 Å². The van der Waals surface area contributed by atoms with Crippen molar-refractivity contribution in [3.05, 3.63) is 77.1 Å². The summed E-state index contributed by atoms with van der Waals surface area (Å²) in [6, 6.07) is 15.5. The zero-order valence-electron chi connectivity index (χ0n) is 15.9. The first kappa shape index (κ1) is 19.3. The van der Waals surface area contributed by atoms with Gasteiger partial charge in [0.05, 0.1) is 16.3 Å². The van der Waals surface area contributed by atoms with Crippen molar-refractivity contribution in [1.82, 2.24) is 30.0 Å². The average Bonchev–Trinajstić information content (AvgIpc) is 3.30. The Kier molecular flexibility index (Phi) is 5.97. The van der Waals surface area contributed by atoms with Crippen LogP contribution in [-0.4, -0.2) is 68.6 Å². The van der Waals surface area contributed by atoms with Crippen molar-refractivity contribution < 1.29 is 4.79 Å². The third kappa shape index (κ3) is 4.70. The van der Waals surface area contributed by atoms with Gasteiger partial charge in [0, 0.05) is 32.7 Å². The molecule has 0 radical (unpaired) electrons. The topological polar surface area (TPSA) is 67.2 Å². The summed E-state index contributed by atoms with van der Waals surface area (Å²) in [6.45, 7) is 3.86. The van der Waals surface area contributed by atoms with Crippen LogP contribution in [0.2, 0.25) is 5.02 Å². The van der Waals surface area contributed by atoms with Gasteiger partial charge in [0.25, 0.3) is 5.91 Å². The second kappa shape index (κ2) is 8.98. The number of rotatable bonds is 5. The van der Waals surface area contributed by atoms with Gasteiger partial charge in [-0.25, -0.2) is 4.68 Å². The first-order valence-electron chi connectivity index (χ1n) is 9.47. The molecule has 3 aromatic rings. The molecule has 0 atom stereocenters. The number of tetrazole rings is 1. The van der Waals surface area contributed by atoms with Gasteiger partial charge >= 0.3 is 0 Å². The van der Waals surface area contributed by atoms with E-state index in [1.54, 1.807) is 18.2 Å². The van der Waals surface area contributed by atoms with E-state index in [-0.39, 0.29) is 5.91 Å². The van der Waals surface area contributed by atoms with Crippen LogP contribution in [0.3, 0.4) is 0 Å². The third-order valence-corrected chi connectivity index (χ3v) is 5.26.